The van der Waals surface area contributed by atoms with Crippen LogP contribution in [0.2, 0.25) is 0 Å². The lowest BCUT2D eigenvalue weighted by molar-refractivity contribution is 0.533. The van der Waals surface area contributed by atoms with Gasteiger partial charge in [-0.1, -0.05) is 154 Å². The molecule has 0 atom stereocenters. The molecule has 0 aromatic heterocycles. The van der Waals surface area contributed by atoms with E-state index in [2.05, 4.69) is 26.0 Å². The highest BCUT2D eigenvalue weighted by atomic mass is 14.0. The molecule has 0 heterocycles. The van der Waals surface area contributed by atoms with Crippen molar-refractivity contribution in [3.8, 4) is 0 Å². The first-order valence-electron chi connectivity index (χ1n) is 13.6. The monoisotopic (exact) mass is 392 g/mol. The van der Waals surface area contributed by atoms with Gasteiger partial charge >= 0.3 is 0 Å². The van der Waals surface area contributed by atoms with Crippen LogP contribution in [0.3, 0.4) is 0 Å². The summed E-state index contributed by atoms with van der Waals surface area (Å²) in [6.07, 6.45) is 39.4. The molecule has 0 aromatic carbocycles. The maximum Gasteiger partial charge on any atom is -0.0351 e. The SMILES string of the molecule is CCCCCCCCC/C=C/CCCCCCCCCCCCCCCCC. The predicted molar refractivity (Wildman–Crippen MR) is 131 cm³/mol. The topological polar surface area (TPSA) is 0 Å². The molecule has 0 amide bonds. The first kappa shape index (κ1) is 27.7. The molecule has 0 unspecified atom stereocenters. The van der Waals surface area contributed by atoms with E-state index >= 15 is 0 Å². The highest BCUT2D eigenvalue weighted by molar-refractivity contribution is 4.81. The lowest BCUT2D eigenvalue weighted by Gasteiger charge is -2.03. The number of allylic oxidation sites excluding steroid dienone is 2. The van der Waals surface area contributed by atoms with E-state index in [1.54, 1.807) is 0 Å². The normalized spacial score (nSPS) is 11.6. The van der Waals surface area contributed by atoms with Crippen molar-refractivity contribution in [2.45, 2.75) is 168 Å². The van der Waals surface area contributed by atoms with Gasteiger partial charge in [0, 0.05) is 0 Å². The van der Waals surface area contributed by atoms with Crippen LogP contribution in [-0.2, 0) is 0 Å². The average molecular weight is 393 g/mol. The van der Waals surface area contributed by atoms with Gasteiger partial charge in [-0.05, 0) is 25.7 Å². The first-order valence-corrected chi connectivity index (χ1v) is 13.6. The zero-order valence-corrected chi connectivity index (χ0v) is 20.1. The van der Waals surface area contributed by atoms with E-state index in [-0.39, 0.29) is 0 Å². The van der Waals surface area contributed by atoms with Crippen LogP contribution in [0.1, 0.15) is 168 Å². The fourth-order valence-corrected chi connectivity index (χ4v) is 4.09. The third kappa shape index (κ3) is 25.7. The van der Waals surface area contributed by atoms with Crippen LogP contribution < -0.4 is 0 Å². The quantitative estimate of drug-likeness (QED) is 0.113. The Balaban J connectivity index is 3.04. The molecule has 0 aliphatic heterocycles. The Labute approximate surface area is 180 Å². The van der Waals surface area contributed by atoms with Crippen molar-refractivity contribution in [1.29, 1.82) is 0 Å². The van der Waals surface area contributed by atoms with Crippen LogP contribution in [0.15, 0.2) is 12.2 Å². The van der Waals surface area contributed by atoms with Crippen LogP contribution in [0.5, 0.6) is 0 Å². The summed E-state index contributed by atoms with van der Waals surface area (Å²) in [7, 11) is 0. The molecule has 28 heavy (non-hydrogen) atoms. The van der Waals surface area contributed by atoms with Gasteiger partial charge < -0.3 is 0 Å². The van der Waals surface area contributed by atoms with Gasteiger partial charge in [0.1, 0.15) is 0 Å². The highest BCUT2D eigenvalue weighted by Gasteiger charge is 1.94. The van der Waals surface area contributed by atoms with E-state index < -0.39 is 0 Å². The second-order valence-corrected chi connectivity index (χ2v) is 9.12. The zero-order valence-electron chi connectivity index (χ0n) is 20.1. The van der Waals surface area contributed by atoms with E-state index in [4.69, 9.17) is 0 Å². The van der Waals surface area contributed by atoms with Gasteiger partial charge in [-0.15, -0.1) is 0 Å². The summed E-state index contributed by atoms with van der Waals surface area (Å²) in [5.74, 6) is 0. The van der Waals surface area contributed by atoms with Crippen LogP contribution >= 0.6 is 0 Å². The Kier molecular flexibility index (Phi) is 26.5. The smallest absolute Gasteiger partial charge is 0.0351 e. The average Bonchev–Trinajstić information content (AvgIpc) is 2.71. The third-order valence-corrected chi connectivity index (χ3v) is 6.12. The standard InChI is InChI=1S/C28H56/c1-3-5-7-9-11-13-15-17-19-21-23-25-27-28-26-24-22-20-18-16-14-12-10-8-6-4-2/h19,21H,3-18,20,22-28H2,1-2H3/b21-19+. The van der Waals surface area contributed by atoms with E-state index in [1.165, 1.54) is 154 Å². The van der Waals surface area contributed by atoms with Crippen LogP contribution in [0.4, 0.5) is 0 Å². The highest BCUT2D eigenvalue weighted by Crippen LogP contribution is 2.14. The molecule has 0 heteroatoms. The van der Waals surface area contributed by atoms with Gasteiger partial charge in [0.05, 0.1) is 0 Å². The van der Waals surface area contributed by atoms with E-state index in [0.717, 1.165) is 0 Å². The Hall–Kier alpha value is -0.260. The minimum atomic E-state index is 1.31. The molecular formula is C28H56. The van der Waals surface area contributed by atoms with Crippen LogP contribution in [-0.4, -0.2) is 0 Å². The Morgan fingerprint density at radius 3 is 0.750 bits per heavy atom. The lowest BCUT2D eigenvalue weighted by atomic mass is 10.0. The number of hydrogen-bond acceptors (Lipinski definition) is 0. The number of rotatable bonds is 24. The van der Waals surface area contributed by atoms with Crippen molar-refractivity contribution in [2.75, 3.05) is 0 Å². The Morgan fingerprint density at radius 2 is 0.500 bits per heavy atom. The van der Waals surface area contributed by atoms with Gasteiger partial charge in [0.25, 0.3) is 0 Å². The summed E-state index contributed by atoms with van der Waals surface area (Å²) < 4.78 is 0. The molecule has 0 rings (SSSR count). The van der Waals surface area contributed by atoms with Crippen molar-refractivity contribution in [1.82, 2.24) is 0 Å². The van der Waals surface area contributed by atoms with Gasteiger partial charge in [0.15, 0.2) is 0 Å². The van der Waals surface area contributed by atoms with Gasteiger partial charge in [-0.3, -0.25) is 0 Å². The molecule has 0 aromatic rings. The maximum absolute atomic E-state index is 2.44. The molecule has 0 saturated heterocycles. The van der Waals surface area contributed by atoms with Crippen molar-refractivity contribution in [3.63, 3.8) is 0 Å². The van der Waals surface area contributed by atoms with Crippen molar-refractivity contribution in [2.24, 2.45) is 0 Å². The van der Waals surface area contributed by atoms with Crippen LogP contribution in [0, 0.1) is 0 Å². The molecule has 0 radical (unpaired) electrons. The lowest BCUT2D eigenvalue weighted by Crippen LogP contribution is -1.83. The fourth-order valence-electron chi connectivity index (χ4n) is 4.09. The number of unbranched alkanes of at least 4 members (excludes halogenated alkanes) is 22. The van der Waals surface area contributed by atoms with E-state index in [1.807, 2.05) is 0 Å². The van der Waals surface area contributed by atoms with Crippen molar-refractivity contribution < 1.29 is 0 Å². The molecule has 0 aliphatic carbocycles. The molecule has 0 N–H and O–H groups in total. The van der Waals surface area contributed by atoms with Gasteiger partial charge in [0.2, 0.25) is 0 Å². The van der Waals surface area contributed by atoms with Gasteiger partial charge in [-0.2, -0.15) is 0 Å². The fraction of sp³-hybridized carbons (Fsp3) is 0.929. The Morgan fingerprint density at radius 1 is 0.286 bits per heavy atom. The second kappa shape index (κ2) is 26.7. The molecular weight excluding hydrogens is 336 g/mol. The van der Waals surface area contributed by atoms with E-state index in [9.17, 15) is 0 Å². The summed E-state index contributed by atoms with van der Waals surface area (Å²) in [4.78, 5) is 0. The van der Waals surface area contributed by atoms with Gasteiger partial charge in [-0.25, -0.2) is 0 Å². The largest absolute Gasteiger partial charge is 0.0885 e. The van der Waals surface area contributed by atoms with Crippen molar-refractivity contribution in [3.05, 3.63) is 12.2 Å². The molecule has 0 spiro atoms. The Bertz CT molecular complexity index is 278. The molecule has 0 nitrogen and oxygen atoms in total. The molecule has 168 valence electrons. The summed E-state index contributed by atoms with van der Waals surface area (Å²) in [6, 6.07) is 0. The third-order valence-electron chi connectivity index (χ3n) is 6.12. The summed E-state index contributed by atoms with van der Waals surface area (Å²) in [6.45, 7) is 4.60. The second-order valence-electron chi connectivity index (χ2n) is 9.12. The molecule has 0 saturated carbocycles. The summed E-state index contributed by atoms with van der Waals surface area (Å²) in [5, 5.41) is 0. The molecule has 0 bridgehead atoms. The maximum atomic E-state index is 2.44. The zero-order chi connectivity index (χ0) is 20.4. The summed E-state index contributed by atoms with van der Waals surface area (Å²) in [5.41, 5.74) is 0. The first-order chi connectivity index (χ1) is 13.9. The van der Waals surface area contributed by atoms with E-state index in [0.29, 0.717) is 0 Å². The minimum absolute atomic E-state index is 1.31. The summed E-state index contributed by atoms with van der Waals surface area (Å²) >= 11 is 0. The predicted octanol–water partition coefficient (Wildman–Crippen LogP) is 10.9. The molecule has 0 aliphatic rings. The van der Waals surface area contributed by atoms with Crippen molar-refractivity contribution >= 4 is 0 Å². The molecule has 0 fully saturated rings. The number of hydrogen-bond donors (Lipinski definition) is 0. The minimum Gasteiger partial charge on any atom is -0.0885 e. The van der Waals surface area contributed by atoms with Crippen LogP contribution in [0.25, 0.3) is 0 Å².